The van der Waals surface area contributed by atoms with Gasteiger partial charge in [0, 0.05) is 17.7 Å². The van der Waals surface area contributed by atoms with Crippen LogP contribution in [0, 0.1) is 0 Å². The number of carboxylic acid groups (broad SMARTS) is 1. The first kappa shape index (κ1) is 9.71. The first-order chi connectivity index (χ1) is 6.59. The van der Waals surface area contributed by atoms with Crippen LogP contribution in [0.5, 0.6) is 0 Å². The minimum Gasteiger partial charge on any atom is -0.478 e. The monoisotopic (exact) mass is 195 g/mol. The van der Waals surface area contributed by atoms with Gasteiger partial charge in [-0.3, -0.25) is 4.90 Å². The zero-order valence-electron chi connectivity index (χ0n) is 8.79. The third kappa shape index (κ3) is 1.46. The van der Waals surface area contributed by atoms with Crippen molar-refractivity contribution < 1.29 is 9.90 Å². The molecule has 2 fully saturated rings. The fraction of sp³-hybridized carbons (Fsp3) is 0.727. The largest absolute Gasteiger partial charge is 0.478 e. The fourth-order valence-corrected chi connectivity index (χ4v) is 2.69. The Labute approximate surface area is 84.4 Å². The minimum absolute atomic E-state index is 0.579. The SMILES string of the molecule is CC(C(=O)O)=C1CC2CCC(C1)N2C. The van der Waals surface area contributed by atoms with Crippen LogP contribution >= 0.6 is 0 Å². The maximum atomic E-state index is 10.8. The molecule has 2 aliphatic rings. The molecule has 2 aliphatic heterocycles. The number of nitrogens with zero attached hydrogens (tertiary/aromatic N) is 1. The van der Waals surface area contributed by atoms with Gasteiger partial charge in [0.05, 0.1) is 0 Å². The Hall–Kier alpha value is -0.830. The lowest BCUT2D eigenvalue weighted by atomic mass is 9.93. The molecule has 0 aromatic carbocycles. The van der Waals surface area contributed by atoms with Gasteiger partial charge in [0.15, 0.2) is 0 Å². The Bertz CT molecular complexity index is 280. The second-order valence-corrected chi connectivity index (χ2v) is 4.49. The smallest absolute Gasteiger partial charge is 0.331 e. The number of rotatable bonds is 1. The molecule has 2 saturated heterocycles. The van der Waals surface area contributed by atoms with E-state index in [0.717, 1.165) is 12.8 Å². The molecule has 3 heteroatoms. The molecule has 0 aromatic rings. The molecule has 0 aromatic heterocycles. The van der Waals surface area contributed by atoms with E-state index in [1.54, 1.807) is 6.92 Å². The van der Waals surface area contributed by atoms with Gasteiger partial charge in [-0.15, -0.1) is 0 Å². The molecule has 0 saturated carbocycles. The van der Waals surface area contributed by atoms with Crippen molar-refractivity contribution in [3.05, 3.63) is 11.1 Å². The van der Waals surface area contributed by atoms with E-state index in [1.165, 1.54) is 18.4 Å². The van der Waals surface area contributed by atoms with Crippen molar-refractivity contribution in [2.75, 3.05) is 7.05 Å². The van der Waals surface area contributed by atoms with Crippen molar-refractivity contribution in [2.45, 2.75) is 44.7 Å². The van der Waals surface area contributed by atoms with Crippen LogP contribution in [-0.2, 0) is 4.79 Å². The minimum atomic E-state index is -0.746. The molecule has 78 valence electrons. The number of hydrogen-bond acceptors (Lipinski definition) is 2. The van der Waals surface area contributed by atoms with Gasteiger partial charge < -0.3 is 5.11 Å². The molecule has 2 bridgehead atoms. The van der Waals surface area contributed by atoms with E-state index < -0.39 is 5.97 Å². The summed E-state index contributed by atoms with van der Waals surface area (Å²) < 4.78 is 0. The van der Waals surface area contributed by atoms with Gasteiger partial charge in [-0.05, 0) is 39.7 Å². The lowest BCUT2D eigenvalue weighted by molar-refractivity contribution is -0.132. The highest BCUT2D eigenvalue weighted by molar-refractivity contribution is 5.86. The van der Waals surface area contributed by atoms with Crippen molar-refractivity contribution in [2.24, 2.45) is 0 Å². The highest BCUT2D eigenvalue weighted by atomic mass is 16.4. The number of hydrogen-bond donors (Lipinski definition) is 1. The third-order valence-electron chi connectivity index (χ3n) is 3.80. The Morgan fingerprint density at radius 3 is 2.29 bits per heavy atom. The lowest BCUT2D eigenvalue weighted by Crippen LogP contribution is -2.37. The van der Waals surface area contributed by atoms with E-state index in [4.69, 9.17) is 5.11 Å². The summed E-state index contributed by atoms with van der Waals surface area (Å²) in [5.74, 6) is -0.746. The molecular formula is C11H17NO2. The van der Waals surface area contributed by atoms with Crippen LogP contribution in [0.2, 0.25) is 0 Å². The topological polar surface area (TPSA) is 40.5 Å². The zero-order valence-corrected chi connectivity index (χ0v) is 8.79. The Balaban J connectivity index is 2.21. The molecule has 1 N–H and O–H groups in total. The fourth-order valence-electron chi connectivity index (χ4n) is 2.69. The van der Waals surface area contributed by atoms with Gasteiger partial charge in [0.25, 0.3) is 0 Å². The molecule has 0 amide bonds. The van der Waals surface area contributed by atoms with Crippen LogP contribution in [0.4, 0.5) is 0 Å². The van der Waals surface area contributed by atoms with Gasteiger partial charge in [-0.25, -0.2) is 4.79 Å². The maximum Gasteiger partial charge on any atom is 0.331 e. The first-order valence-corrected chi connectivity index (χ1v) is 5.23. The second kappa shape index (κ2) is 3.39. The summed E-state index contributed by atoms with van der Waals surface area (Å²) >= 11 is 0. The summed E-state index contributed by atoms with van der Waals surface area (Å²) in [5.41, 5.74) is 1.75. The van der Waals surface area contributed by atoms with E-state index in [1.807, 2.05) is 0 Å². The van der Waals surface area contributed by atoms with E-state index in [2.05, 4.69) is 11.9 Å². The van der Waals surface area contributed by atoms with E-state index in [0.29, 0.717) is 17.7 Å². The molecular weight excluding hydrogens is 178 g/mol. The third-order valence-corrected chi connectivity index (χ3v) is 3.80. The molecule has 0 aliphatic carbocycles. The Kier molecular flexibility index (Phi) is 2.35. The van der Waals surface area contributed by atoms with Gasteiger partial charge in [-0.2, -0.15) is 0 Å². The standard InChI is InChI=1S/C11H17NO2/c1-7(11(13)14)8-5-9-3-4-10(6-8)12(9)2/h9-10H,3-6H2,1-2H3,(H,13,14). The lowest BCUT2D eigenvalue weighted by Gasteiger charge is -2.33. The van der Waals surface area contributed by atoms with Crippen molar-refractivity contribution in [3.8, 4) is 0 Å². The van der Waals surface area contributed by atoms with E-state index in [9.17, 15) is 4.79 Å². The predicted octanol–water partition coefficient (Wildman–Crippen LogP) is 1.64. The molecule has 2 atom stereocenters. The van der Waals surface area contributed by atoms with Gasteiger partial charge in [0.2, 0.25) is 0 Å². The maximum absolute atomic E-state index is 10.8. The highest BCUT2D eigenvalue weighted by Crippen LogP contribution is 2.38. The van der Waals surface area contributed by atoms with Crippen molar-refractivity contribution in [1.82, 2.24) is 4.90 Å². The summed E-state index contributed by atoms with van der Waals surface area (Å²) in [6.07, 6.45) is 4.39. The number of fused-ring (bicyclic) bond motifs is 2. The number of piperidine rings is 1. The molecule has 0 spiro atoms. The van der Waals surface area contributed by atoms with Crippen molar-refractivity contribution in [1.29, 1.82) is 0 Å². The molecule has 2 unspecified atom stereocenters. The zero-order chi connectivity index (χ0) is 10.3. The first-order valence-electron chi connectivity index (χ1n) is 5.23. The molecule has 0 radical (unpaired) electrons. The van der Waals surface area contributed by atoms with Gasteiger partial charge >= 0.3 is 5.97 Å². The molecule has 2 rings (SSSR count). The van der Waals surface area contributed by atoms with Crippen molar-refractivity contribution in [3.63, 3.8) is 0 Å². The average Bonchev–Trinajstić information content (AvgIpc) is 2.42. The predicted molar refractivity (Wildman–Crippen MR) is 54.1 cm³/mol. The summed E-state index contributed by atoms with van der Waals surface area (Å²) in [4.78, 5) is 13.3. The summed E-state index contributed by atoms with van der Waals surface area (Å²) in [5, 5.41) is 8.92. The van der Waals surface area contributed by atoms with Crippen LogP contribution in [0.25, 0.3) is 0 Å². The Morgan fingerprint density at radius 2 is 1.86 bits per heavy atom. The summed E-state index contributed by atoms with van der Waals surface area (Å²) in [6.45, 7) is 1.74. The van der Waals surface area contributed by atoms with Crippen LogP contribution in [0.1, 0.15) is 32.6 Å². The van der Waals surface area contributed by atoms with Crippen LogP contribution in [0.15, 0.2) is 11.1 Å². The molecule has 14 heavy (non-hydrogen) atoms. The average molecular weight is 195 g/mol. The highest BCUT2D eigenvalue weighted by Gasteiger charge is 2.36. The van der Waals surface area contributed by atoms with Gasteiger partial charge in [-0.1, -0.05) is 5.57 Å². The summed E-state index contributed by atoms with van der Waals surface area (Å²) in [7, 11) is 2.16. The van der Waals surface area contributed by atoms with Crippen LogP contribution in [-0.4, -0.2) is 35.1 Å². The summed E-state index contributed by atoms with van der Waals surface area (Å²) in [6, 6.07) is 1.19. The van der Waals surface area contributed by atoms with Gasteiger partial charge in [0.1, 0.15) is 0 Å². The number of aliphatic carboxylic acids is 1. The van der Waals surface area contributed by atoms with E-state index >= 15 is 0 Å². The molecule has 3 nitrogen and oxygen atoms in total. The van der Waals surface area contributed by atoms with Crippen LogP contribution < -0.4 is 0 Å². The van der Waals surface area contributed by atoms with E-state index in [-0.39, 0.29) is 0 Å². The number of carboxylic acids is 1. The Morgan fingerprint density at radius 1 is 1.36 bits per heavy atom. The second-order valence-electron chi connectivity index (χ2n) is 4.49. The normalized spacial score (nSPS) is 32.0. The molecule has 2 heterocycles. The number of carbonyl (C=O) groups is 1. The van der Waals surface area contributed by atoms with Crippen LogP contribution in [0.3, 0.4) is 0 Å². The quantitative estimate of drug-likeness (QED) is 0.647. The van der Waals surface area contributed by atoms with Crippen molar-refractivity contribution >= 4 is 5.97 Å².